The highest BCUT2D eigenvalue weighted by Crippen LogP contribution is 2.37. The lowest BCUT2D eigenvalue weighted by Crippen LogP contribution is -2.38. The van der Waals surface area contributed by atoms with Gasteiger partial charge in [0.25, 0.3) is 5.91 Å². The minimum Gasteiger partial charge on any atom is -0.467 e. The molecule has 1 aliphatic rings. The third-order valence-electron chi connectivity index (χ3n) is 5.76. The monoisotopic (exact) mass is 433 g/mol. The van der Waals surface area contributed by atoms with E-state index < -0.39 is 0 Å². The Morgan fingerprint density at radius 3 is 3.03 bits per heavy atom. The zero-order chi connectivity index (χ0) is 21.2. The van der Waals surface area contributed by atoms with Crippen LogP contribution in [0, 0.1) is 6.92 Å². The lowest BCUT2D eigenvalue weighted by atomic mass is 9.96. The van der Waals surface area contributed by atoms with Crippen LogP contribution in [0.15, 0.2) is 53.7 Å². The van der Waals surface area contributed by atoms with Crippen molar-refractivity contribution in [2.75, 3.05) is 11.9 Å². The van der Waals surface area contributed by atoms with Gasteiger partial charge in [-0.05, 0) is 55.5 Å². The first-order valence-corrected chi connectivity index (χ1v) is 11.3. The lowest BCUT2D eigenvalue weighted by Gasteiger charge is -2.35. The Balaban J connectivity index is 1.47. The molecule has 1 unspecified atom stereocenters. The van der Waals surface area contributed by atoms with Crippen molar-refractivity contribution in [2.24, 2.45) is 0 Å². The van der Waals surface area contributed by atoms with Crippen molar-refractivity contribution in [3.05, 3.63) is 71.0 Å². The molecule has 8 heteroatoms. The van der Waals surface area contributed by atoms with E-state index in [0.29, 0.717) is 6.54 Å². The second-order valence-corrected chi connectivity index (χ2v) is 8.69. The third-order valence-corrected chi connectivity index (χ3v) is 6.95. The predicted octanol–water partition coefficient (Wildman–Crippen LogP) is 4.97. The zero-order valence-electron chi connectivity index (χ0n) is 17.2. The summed E-state index contributed by atoms with van der Waals surface area (Å²) in [6, 6.07) is 7.82. The first-order valence-electron chi connectivity index (χ1n) is 10.4. The highest BCUT2D eigenvalue weighted by molar-refractivity contribution is 7.20. The fourth-order valence-corrected chi connectivity index (χ4v) is 5.32. The smallest absolute Gasteiger partial charge is 0.264 e. The molecular formula is C23H23N5O2S. The SMILES string of the molecule is Cc1c(C(=O)N2CCCCC2c2cccnc2)sc2ncnc(NCc3ccco3)c12. The first-order chi connectivity index (χ1) is 15.2. The quantitative estimate of drug-likeness (QED) is 0.478. The Morgan fingerprint density at radius 1 is 1.29 bits per heavy atom. The zero-order valence-corrected chi connectivity index (χ0v) is 18.1. The van der Waals surface area contributed by atoms with Crippen molar-refractivity contribution < 1.29 is 9.21 Å². The molecule has 5 rings (SSSR count). The summed E-state index contributed by atoms with van der Waals surface area (Å²) >= 11 is 1.44. The summed E-state index contributed by atoms with van der Waals surface area (Å²) < 4.78 is 5.40. The van der Waals surface area contributed by atoms with Gasteiger partial charge in [-0.1, -0.05) is 6.07 Å². The van der Waals surface area contributed by atoms with E-state index in [0.717, 1.165) is 63.6 Å². The average molecular weight is 434 g/mol. The van der Waals surface area contributed by atoms with Crippen LogP contribution in [0.1, 0.15) is 51.9 Å². The molecular weight excluding hydrogens is 410 g/mol. The van der Waals surface area contributed by atoms with Crippen molar-refractivity contribution in [2.45, 2.75) is 38.8 Å². The van der Waals surface area contributed by atoms with Crippen LogP contribution in [-0.4, -0.2) is 32.3 Å². The molecule has 0 aromatic carbocycles. The largest absolute Gasteiger partial charge is 0.467 e. The van der Waals surface area contributed by atoms with Gasteiger partial charge in [-0.2, -0.15) is 0 Å². The van der Waals surface area contributed by atoms with Crippen LogP contribution in [-0.2, 0) is 6.54 Å². The Labute approximate surface area is 184 Å². The van der Waals surface area contributed by atoms with E-state index in [1.165, 1.54) is 17.7 Å². The molecule has 0 aliphatic carbocycles. The molecule has 1 amide bonds. The number of rotatable bonds is 5. The number of hydrogen-bond donors (Lipinski definition) is 1. The number of amides is 1. The Hall–Kier alpha value is -3.26. The predicted molar refractivity (Wildman–Crippen MR) is 120 cm³/mol. The van der Waals surface area contributed by atoms with E-state index in [1.807, 2.05) is 36.2 Å². The number of piperidine rings is 1. The number of aryl methyl sites for hydroxylation is 1. The number of furan rings is 1. The van der Waals surface area contributed by atoms with Crippen LogP contribution in [0.4, 0.5) is 5.82 Å². The van der Waals surface area contributed by atoms with E-state index in [4.69, 9.17) is 4.42 Å². The summed E-state index contributed by atoms with van der Waals surface area (Å²) in [7, 11) is 0. The van der Waals surface area contributed by atoms with Gasteiger partial charge >= 0.3 is 0 Å². The van der Waals surface area contributed by atoms with Crippen LogP contribution in [0.25, 0.3) is 10.2 Å². The molecule has 1 aliphatic heterocycles. The number of fused-ring (bicyclic) bond motifs is 1. The van der Waals surface area contributed by atoms with Gasteiger partial charge < -0.3 is 14.6 Å². The number of aromatic nitrogens is 3. The number of nitrogens with one attached hydrogen (secondary N) is 1. The molecule has 158 valence electrons. The summed E-state index contributed by atoms with van der Waals surface area (Å²) in [6.45, 7) is 3.25. The van der Waals surface area contributed by atoms with Crippen LogP contribution in [0.2, 0.25) is 0 Å². The van der Waals surface area contributed by atoms with Gasteiger partial charge in [-0.15, -0.1) is 11.3 Å². The molecule has 1 saturated heterocycles. The minimum atomic E-state index is 0.0576. The number of carbonyl (C=O) groups excluding carboxylic acids is 1. The Bertz CT molecular complexity index is 1190. The van der Waals surface area contributed by atoms with Gasteiger partial charge in [0.15, 0.2) is 0 Å². The van der Waals surface area contributed by atoms with Crippen LogP contribution in [0.5, 0.6) is 0 Å². The van der Waals surface area contributed by atoms with Crippen molar-refractivity contribution >= 4 is 33.3 Å². The topological polar surface area (TPSA) is 84.2 Å². The maximum absolute atomic E-state index is 13.7. The number of carbonyl (C=O) groups is 1. The number of pyridine rings is 1. The van der Waals surface area contributed by atoms with E-state index in [1.54, 1.807) is 12.5 Å². The maximum Gasteiger partial charge on any atom is 0.264 e. The van der Waals surface area contributed by atoms with E-state index in [-0.39, 0.29) is 11.9 Å². The molecule has 0 saturated carbocycles. The number of hydrogen-bond acceptors (Lipinski definition) is 7. The van der Waals surface area contributed by atoms with Crippen LogP contribution in [0.3, 0.4) is 0 Å². The normalized spacial score (nSPS) is 16.5. The molecule has 0 radical (unpaired) electrons. The van der Waals surface area contributed by atoms with Crippen molar-refractivity contribution in [1.29, 1.82) is 0 Å². The summed E-state index contributed by atoms with van der Waals surface area (Å²) in [6.07, 6.45) is 9.91. The van der Waals surface area contributed by atoms with Gasteiger partial charge in [-0.25, -0.2) is 9.97 Å². The molecule has 7 nitrogen and oxygen atoms in total. The van der Waals surface area contributed by atoms with Gasteiger partial charge in [0.05, 0.1) is 29.1 Å². The summed E-state index contributed by atoms with van der Waals surface area (Å²) in [5, 5.41) is 4.23. The van der Waals surface area contributed by atoms with E-state index in [9.17, 15) is 4.79 Å². The van der Waals surface area contributed by atoms with E-state index in [2.05, 4.69) is 26.3 Å². The second kappa shape index (κ2) is 8.47. The first kappa shape index (κ1) is 19.7. The number of nitrogens with zero attached hydrogens (tertiary/aromatic N) is 4. The fourth-order valence-electron chi connectivity index (χ4n) is 4.22. The minimum absolute atomic E-state index is 0.0576. The van der Waals surface area contributed by atoms with Crippen LogP contribution < -0.4 is 5.32 Å². The van der Waals surface area contributed by atoms with Crippen LogP contribution >= 0.6 is 11.3 Å². The molecule has 1 fully saturated rings. The number of likely N-dealkylation sites (tertiary alicyclic amines) is 1. The molecule has 4 aromatic rings. The summed E-state index contributed by atoms with van der Waals surface area (Å²) in [5.41, 5.74) is 2.01. The molecule has 4 aromatic heterocycles. The average Bonchev–Trinajstić information content (AvgIpc) is 3.46. The molecule has 5 heterocycles. The van der Waals surface area contributed by atoms with E-state index >= 15 is 0 Å². The Morgan fingerprint density at radius 2 is 2.23 bits per heavy atom. The lowest BCUT2D eigenvalue weighted by molar-refractivity contribution is 0.0615. The highest BCUT2D eigenvalue weighted by Gasteiger charge is 2.31. The number of thiophene rings is 1. The van der Waals surface area contributed by atoms with Gasteiger partial charge in [-0.3, -0.25) is 9.78 Å². The van der Waals surface area contributed by atoms with Crippen molar-refractivity contribution in [3.63, 3.8) is 0 Å². The third kappa shape index (κ3) is 3.79. The van der Waals surface area contributed by atoms with Gasteiger partial charge in [0.1, 0.15) is 22.7 Å². The maximum atomic E-state index is 13.7. The van der Waals surface area contributed by atoms with Gasteiger partial charge in [0.2, 0.25) is 0 Å². The fraction of sp³-hybridized carbons (Fsp3) is 0.304. The number of anilines is 1. The summed E-state index contributed by atoms with van der Waals surface area (Å²) in [4.78, 5) is 30.3. The molecule has 31 heavy (non-hydrogen) atoms. The molecule has 0 spiro atoms. The molecule has 1 N–H and O–H groups in total. The molecule has 0 bridgehead atoms. The van der Waals surface area contributed by atoms with Gasteiger partial charge in [0, 0.05) is 18.9 Å². The molecule has 1 atom stereocenters. The summed E-state index contributed by atoms with van der Waals surface area (Å²) in [5.74, 6) is 1.60. The standard InChI is InChI=1S/C23H23N5O2S/c1-15-19-21(25-13-17-7-5-11-30-17)26-14-27-22(19)31-20(15)23(29)28-10-3-2-8-18(28)16-6-4-9-24-12-16/h4-7,9,11-12,14,18H,2-3,8,10,13H2,1H3,(H,25,26,27). The van der Waals surface area contributed by atoms with Crippen molar-refractivity contribution in [3.8, 4) is 0 Å². The highest BCUT2D eigenvalue weighted by atomic mass is 32.1. The Kier molecular flexibility index (Phi) is 5.38. The second-order valence-electron chi connectivity index (χ2n) is 7.69. The van der Waals surface area contributed by atoms with Crippen molar-refractivity contribution in [1.82, 2.24) is 19.9 Å².